The summed E-state index contributed by atoms with van der Waals surface area (Å²) in [4.78, 5) is 33.2. The largest absolute Gasteiger partial charge is 0.368 e. The van der Waals surface area contributed by atoms with E-state index in [2.05, 4.69) is 23.3 Å². The molecule has 0 spiro atoms. The van der Waals surface area contributed by atoms with E-state index in [1.54, 1.807) is 0 Å². The van der Waals surface area contributed by atoms with E-state index in [0.29, 0.717) is 0 Å². The molecule has 92 valence electrons. The van der Waals surface area contributed by atoms with Gasteiger partial charge >= 0.3 is 0 Å². The molecule has 0 saturated carbocycles. The first-order valence-corrected chi connectivity index (χ1v) is 5.25. The van der Waals surface area contributed by atoms with Gasteiger partial charge in [-0.25, -0.2) is 0 Å². The standard InChI is InChI=1S/C8H16N4O3S/c1-4(7(10)14)11-8(15)5(3-16)12-6(13)2-9/h4-5,16H,2-3,9H2,1H3,(H2,10,14)(H,11,15)(H,12,13)/t4-,5-/m0/s1. The van der Waals surface area contributed by atoms with Gasteiger partial charge in [0.25, 0.3) is 0 Å². The first kappa shape index (κ1) is 14.7. The number of nitrogens with one attached hydrogen (secondary N) is 2. The number of amides is 3. The molecule has 6 N–H and O–H groups in total. The molecule has 0 aromatic rings. The molecule has 0 aromatic carbocycles. The average Bonchev–Trinajstić information content (AvgIpc) is 2.24. The van der Waals surface area contributed by atoms with E-state index in [1.165, 1.54) is 6.92 Å². The average molecular weight is 248 g/mol. The smallest absolute Gasteiger partial charge is 0.244 e. The van der Waals surface area contributed by atoms with Gasteiger partial charge in [-0.2, -0.15) is 12.6 Å². The molecule has 3 amide bonds. The number of hydrogen-bond acceptors (Lipinski definition) is 5. The van der Waals surface area contributed by atoms with Crippen LogP contribution in [-0.2, 0) is 14.4 Å². The summed E-state index contributed by atoms with van der Waals surface area (Å²) < 4.78 is 0. The quantitative estimate of drug-likeness (QED) is 0.329. The van der Waals surface area contributed by atoms with Gasteiger partial charge in [-0.1, -0.05) is 0 Å². The highest BCUT2D eigenvalue weighted by atomic mass is 32.1. The summed E-state index contributed by atoms with van der Waals surface area (Å²) in [6, 6.07) is -1.63. The highest BCUT2D eigenvalue weighted by Crippen LogP contribution is 1.90. The lowest BCUT2D eigenvalue weighted by Crippen LogP contribution is -2.53. The maximum atomic E-state index is 11.5. The van der Waals surface area contributed by atoms with E-state index in [4.69, 9.17) is 11.5 Å². The Kier molecular flexibility index (Phi) is 6.50. The molecule has 0 fully saturated rings. The van der Waals surface area contributed by atoms with Crippen molar-refractivity contribution < 1.29 is 14.4 Å². The topological polar surface area (TPSA) is 127 Å². The van der Waals surface area contributed by atoms with Crippen LogP contribution < -0.4 is 22.1 Å². The number of primary amides is 1. The molecule has 7 nitrogen and oxygen atoms in total. The zero-order valence-corrected chi connectivity index (χ0v) is 9.79. The third-order valence-electron chi connectivity index (χ3n) is 1.81. The van der Waals surface area contributed by atoms with Crippen molar-refractivity contribution in [1.82, 2.24) is 10.6 Å². The van der Waals surface area contributed by atoms with Gasteiger partial charge in [0, 0.05) is 5.75 Å². The SMILES string of the molecule is C[C@H](NC(=O)[C@H](CS)NC(=O)CN)C(N)=O. The summed E-state index contributed by atoms with van der Waals surface area (Å²) in [5.41, 5.74) is 10.1. The molecular weight excluding hydrogens is 232 g/mol. The second kappa shape index (κ2) is 7.07. The fourth-order valence-corrected chi connectivity index (χ4v) is 1.09. The molecule has 0 radical (unpaired) electrons. The van der Waals surface area contributed by atoms with Gasteiger partial charge in [-0.3, -0.25) is 14.4 Å². The van der Waals surface area contributed by atoms with Crippen LogP contribution in [0.15, 0.2) is 0 Å². The summed E-state index contributed by atoms with van der Waals surface area (Å²) in [6.45, 7) is 1.23. The third kappa shape index (κ3) is 4.99. The van der Waals surface area contributed by atoms with E-state index < -0.39 is 29.8 Å². The van der Waals surface area contributed by atoms with Crippen molar-refractivity contribution in [3.8, 4) is 0 Å². The maximum Gasteiger partial charge on any atom is 0.244 e. The van der Waals surface area contributed by atoms with Crippen molar-refractivity contribution in [3.63, 3.8) is 0 Å². The minimum atomic E-state index is -0.832. The van der Waals surface area contributed by atoms with Crippen molar-refractivity contribution >= 4 is 30.4 Å². The highest BCUT2D eigenvalue weighted by molar-refractivity contribution is 7.80. The van der Waals surface area contributed by atoms with Gasteiger partial charge in [0.2, 0.25) is 17.7 Å². The van der Waals surface area contributed by atoms with Crippen LogP contribution in [0.1, 0.15) is 6.92 Å². The minimum absolute atomic E-state index is 0.100. The Morgan fingerprint density at radius 2 is 1.88 bits per heavy atom. The fraction of sp³-hybridized carbons (Fsp3) is 0.625. The summed E-state index contributed by atoms with van der Waals surface area (Å²) in [6.07, 6.45) is 0. The Balaban J connectivity index is 4.31. The Hall–Kier alpha value is -1.28. The number of hydrogen-bond donors (Lipinski definition) is 5. The number of rotatable bonds is 6. The van der Waals surface area contributed by atoms with Crippen LogP contribution in [0.5, 0.6) is 0 Å². The molecule has 8 heteroatoms. The van der Waals surface area contributed by atoms with Gasteiger partial charge in [-0.15, -0.1) is 0 Å². The summed E-state index contributed by atoms with van der Waals surface area (Å²) in [5.74, 6) is -1.55. The molecule has 0 saturated heterocycles. The second-order valence-corrected chi connectivity index (χ2v) is 3.50. The molecule has 2 atom stereocenters. The van der Waals surface area contributed by atoms with Crippen LogP contribution in [0.2, 0.25) is 0 Å². The molecule has 0 aliphatic heterocycles. The predicted octanol–water partition coefficient (Wildman–Crippen LogP) is -2.65. The molecule has 0 heterocycles. The van der Waals surface area contributed by atoms with Gasteiger partial charge in [0.05, 0.1) is 6.54 Å². The molecule has 0 bridgehead atoms. The van der Waals surface area contributed by atoms with Crippen LogP contribution in [0.3, 0.4) is 0 Å². The summed E-state index contributed by atoms with van der Waals surface area (Å²) >= 11 is 3.91. The highest BCUT2D eigenvalue weighted by Gasteiger charge is 2.21. The number of nitrogens with two attached hydrogens (primary N) is 2. The first-order chi connectivity index (χ1) is 7.42. The van der Waals surface area contributed by atoms with Crippen molar-refractivity contribution in [1.29, 1.82) is 0 Å². The number of carbonyl (C=O) groups excluding carboxylic acids is 3. The maximum absolute atomic E-state index is 11.5. The third-order valence-corrected chi connectivity index (χ3v) is 2.17. The first-order valence-electron chi connectivity index (χ1n) is 4.62. The lowest BCUT2D eigenvalue weighted by molar-refractivity contribution is -0.130. The minimum Gasteiger partial charge on any atom is -0.368 e. The van der Waals surface area contributed by atoms with E-state index in [9.17, 15) is 14.4 Å². The number of thiol groups is 1. The number of carbonyl (C=O) groups is 3. The summed E-state index contributed by atoms with van der Waals surface area (Å²) in [7, 11) is 0. The van der Waals surface area contributed by atoms with Gasteiger partial charge < -0.3 is 22.1 Å². The van der Waals surface area contributed by atoms with Crippen LogP contribution in [0.4, 0.5) is 0 Å². The lowest BCUT2D eigenvalue weighted by Gasteiger charge is -2.18. The lowest BCUT2D eigenvalue weighted by atomic mass is 10.2. The Bertz CT molecular complexity index is 284. The van der Waals surface area contributed by atoms with Gasteiger partial charge in [0.15, 0.2) is 0 Å². The molecule has 0 unspecified atom stereocenters. The van der Waals surface area contributed by atoms with Crippen LogP contribution in [-0.4, -0.2) is 42.1 Å². The van der Waals surface area contributed by atoms with E-state index >= 15 is 0 Å². The van der Waals surface area contributed by atoms with Gasteiger partial charge in [0.1, 0.15) is 12.1 Å². The van der Waals surface area contributed by atoms with Gasteiger partial charge in [-0.05, 0) is 6.92 Å². The Morgan fingerprint density at radius 3 is 2.25 bits per heavy atom. The normalized spacial score (nSPS) is 13.7. The van der Waals surface area contributed by atoms with E-state index in [-0.39, 0.29) is 12.3 Å². The monoisotopic (exact) mass is 248 g/mol. The fourth-order valence-electron chi connectivity index (χ4n) is 0.832. The Morgan fingerprint density at radius 1 is 1.31 bits per heavy atom. The summed E-state index contributed by atoms with van der Waals surface area (Å²) in [5, 5.41) is 4.70. The van der Waals surface area contributed by atoms with Crippen molar-refractivity contribution in [2.75, 3.05) is 12.3 Å². The van der Waals surface area contributed by atoms with Crippen LogP contribution >= 0.6 is 12.6 Å². The molecular formula is C8H16N4O3S. The molecule has 0 aliphatic rings. The zero-order chi connectivity index (χ0) is 12.7. The van der Waals surface area contributed by atoms with Crippen molar-refractivity contribution in [2.45, 2.75) is 19.0 Å². The van der Waals surface area contributed by atoms with Crippen LogP contribution in [0.25, 0.3) is 0 Å². The second-order valence-electron chi connectivity index (χ2n) is 3.14. The Labute approximate surface area is 98.7 Å². The van der Waals surface area contributed by atoms with Crippen LogP contribution in [0, 0.1) is 0 Å². The molecule has 0 rings (SSSR count). The zero-order valence-electron chi connectivity index (χ0n) is 8.90. The molecule has 0 aromatic heterocycles. The van der Waals surface area contributed by atoms with E-state index in [0.717, 1.165) is 0 Å². The van der Waals surface area contributed by atoms with E-state index in [1.807, 2.05) is 0 Å². The molecule has 0 aliphatic carbocycles. The predicted molar refractivity (Wildman–Crippen MR) is 61.6 cm³/mol. The molecule has 16 heavy (non-hydrogen) atoms. The van der Waals surface area contributed by atoms with Crippen molar-refractivity contribution in [3.05, 3.63) is 0 Å². The van der Waals surface area contributed by atoms with Crippen molar-refractivity contribution in [2.24, 2.45) is 11.5 Å².